The van der Waals surface area contributed by atoms with Crippen molar-refractivity contribution in [2.75, 3.05) is 0 Å². The largest absolute Gasteiger partial charge is 0.0869 e. The van der Waals surface area contributed by atoms with E-state index in [9.17, 15) is 0 Å². The Kier molecular flexibility index (Phi) is 5.47. The normalized spacial score (nSPS) is 10.8. The van der Waals surface area contributed by atoms with E-state index in [4.69, 9.17) is 69.6 Å². The van der Waals surface area contributed by atoms with Crippen LogP contribution in [0.25, 0.3) is 0 Å². The lowest BCUT2D eigenvalue weighted by Gasteiger charge is -2.09. The van der Waals surface area contributed by atoms with Gasteiger partial charge in [-0.3, -0.25) is 0 Å². The van der Waals surface area contributed by atoms with E-state index >= 15 is 0 Å². The van der Waals surface area contributed by atoms with E-state index in [0.29, 0.717) is 30.1 Å². The van der Waals surface area contributed by atoms with E-state index in [0.717, 1.165) is 9.79 Å². The zero-order valence-corrected chi connectivity index (χ0v) is 14.3. The van der Waals surface area contributed by atoms with E-state index in [1.165, 1.54) is 11.8 Å². The molecule has 0 nitrogen and oxygen atoms in total. The van der Waals surface area contributed by atoms with E-state index < -0.39 is 0 Å². The quantitative estimate of drug-likeness (QED) is 0.470. The first kappa shape index (κ1) is 15.9. The summed E-state index contributed by atoms with van der Waals surface area (Å²) in [5.74, 6) is 0. The van der Waals surface area contributed by atoms with Gasteiger partial charge in [-0.15, -0.1) is 0 Å². The van der Waals surface area contributed by atoms with Crippen LogP contribution in [0.2, 0.25) is 30.1 Å². The van der Waals surface area contributed by atoms with Crippen molar-refractivity contribution in [2.24, 2.45) is 0 Å². The highest BCUT2D eigenvalue weighted by Gasteiger charge is 2.12. The lowest BCUT2D eigenvalue weighted by Crippen LogP contribution is -1.81. The third kappa shape index (κ3) is 3.79. The maximum absolute atomic E-state index is 6.11. The predicted octanol–water partition coefficient (Wildman–Crippen LogP) is 7.76. The first-order chi connectivity index (χ1) is 8.88. The van der Waals surface area contributed by atoms with Gasteiger partial charge in [-0.05, 0) is 24.3 Å². The highest BCUT2D eigenvalue weighted by atomic mass is 35.5. The van der Waals surface area contributed by atoms with Gasteiger partial charge >= 0.3 is 0 Å². The predicted molar refractivity (Wildman–Crippen MR) is 87.1 cm³/mol. The van der Waals surface area contributed by atoms with Crippen LogP contribution in [-0.2, 0) is 0 Å². The molecule has 0 N–H and O–H groups in total. The van der Waals surface area contributed by atoms with E-state index in [-0.39, 0.29) is 0 Å². The third-order valence-corrected chi connectivity index (χ3v) is 5.58. The molecule has 0 saturated carbocycles. The number of hydrogen-bond donors (Lipinski definition) is 0. The molecule has 0 radical (unpaired) electrons. The van der Waals surface area contributed by atoms with Gasteiger partial charge in [0.25, 0.3) is 0 Å². The van der Waals surface area contributed by atoms with Gasteiger partial charge in [0.2, 0.25) is 0 Å². The van der Waals surface area contributed by atoms with Crippen molar-refractivity contribution in [2.45, 2.75) is 9.79 Å². The summed E-state index contributed by atoms with van der Waals surface area (Å²) in [7, 11) is 0. The van der Waals surface area contributed by atoms with Crippen molar-refractivity contribution in [1.29, 1.82) is 0 Å². The average Bonchev–Trinajstić information content (AvgIpc) is 2.32. The monoisotopic (exact) mass is 390 g/mol. The molecular formula is C12H4Cl6S. The molecule has 0 aliphatic rings. The average molecular weight is 393 g/mol. The van der Waals surface area contributed by atoms with Crippen LogP contribution in [-0.4, -0.2) is 0 Å². The number of benzene rings is 2. The van der Waals surface area contributed by atoms with Crippen molar-refractivity contribution in [3.63, 3.8) is 0 Å². The SMILES string of the molecule is Clc1cc(Cl)c(Sc2cc(Cl)c(Cl)cc2Cl)cc1Cl. The summed E-state index contributed by atoms with van der Waals surface area (Å²) in [6.45, 7) is 0. The van der Waals surface area contributed by atoms with Crippen LogP contribution in [0.15, 0.2) is 34.1 Å². The van der Waals surface area contributed by atoms with Gasteiger partial charge in [0.05, 0.1) is 30.1 Å². The number of rotatable bonds is 2. The van der Waals surface area contributed by atoms with E-state index in [2.05, 4.69) is 0 Å². The molecule has 2 aromatic carbocycles. The minimum atomic E-state index is 0.399. The zero-order valence-electron chi connectivity index (χ0n) is 8.99. The highest BCUT2D eigenvalue weighted by molar-refractivity contribution is 7.99. The van der Waals surface area contributed by atoms with Crippen molar-refractivity contribution in [1.82, 2.24) is 0 Å². The number of hydrogen-bond acceptors (Lipinski definition) is 1. The van der Waals surface area contributed by atoms with Crippen LogP contribution in [0.4, 0.5) is 0 Å². The maximum atomic E-state index is 6.11. The van der Waals surface area contributed by atoms with Crippen molar-refractivity contribution < 1.29 is 0 Å². The Balaban J connectivity index is 2.42. The summed E-state index contributed by atoms with van der Waals surface area (Å²) >= 11 is 37.2. The molecule has 7 heteroatoms. The molecule has 19 heavy (non-hydrogen) atoms. The second kappa shape index (κ2) is 6.53. The highest BCUT2D eigenvalue weighted by Crippen LogP contribution is 2.42. The third-order valence-electron chi connectivity index (χ3n) is 2.17. The summed E-state index contributed by atoms with van der Waals surface area (Å²) in [6, 6.07) is 6.52. The fourth-order valence-corrected chi connectivity index (χ4v) is 3.64. The molecule has 0 unspecified atom stereocenters. The second-order valence-corrected chi connectivity index (χ2v) is 7.02. The summed E-state index contributed by atoms with van der Waals surface area (Å²) in [6.07, 6.45) is 0. The maximum Gasteiger partial charge on any atom is 0.0607 e. The molecule has 0 aromatic heterocycles. The molecule has 2 aromatic rings. The van der Waals surface area contributed by atoms with E-state index in [1.807, 2.05) is 0 Å². The van der Waals surface area contributed by atoms with Gasteiger partial charge in [0.15, 0.2) is 0 Å². The molecule has 0 atom stereocenters. The lowest BCUT2D eigenvalue weighted by atomic mass is 10.3. The van der Waals surface area contributed by atoms with Gasteiger partial charge in [0, 0.05) is 9.79 Å². The first-order valence-corrected chi connectivity index (χ1v) is 7.94. The van der Waals surface area contributed by atoms with Crippen molar-refractivity contribution in [3.8, 4) is 0 Å². The molecule has 2 rings (SSSR count). The molecule has 0 aliphatic carbocycles. The van der Waals surface area contributed by atoms with E-state index in [1.54, 1.807) is 24.3 Å². The molecule has 0 amide bonds. The summed E-state index contributed by atoms with van der Waals surface area (Å²) in [4.78, 5) is 1.47. The van der Waals surface area contributed by atoms with Crippen molar-refractivity contribution in [3.05, 3.63) is 54.4 Å². The Labute approximate surface area is 144 Å². The van der Waals surface area contributed by atoms with Crippen LogP contribution in [0.3, 0.4) is 0 Å². The Morgan fingerprint density at radius 2 is 0.789 bits per heavy atom. The molecule has 0 bridgehead atoms. The molecule has 0 aliphatic heterocycles. The van der Waals surface area contributed by atoms with Gasteiger partial charge < -0.3 is 0 Å². The van der Waals surface area contributed by atoms with Crippen LogP contribution < -0.4 is 0 Å². The Morgan fingerprint density at radius 3 is 1.16 bits per heavy atom. The van der Waals surface area contributed by atoms with Crippen LogP contribution in [0.5, 0.6) is 0 Å². The molecular weight excluding hydrogens is 389 g/mol. The zero-order chi connectivity index (χ0) is 14.2. The van der Waals surface area contributed by atoms with Gasteiger partial charge in [-0.25, -0.2) is 0 Å². The molecule has 0 saturated heterocycles. The fraction of sp³-hybridized carbons (Fsp3) is 0. The minimum absolute atomic E-state index is 0.399. The first-order valence-electron chi connectivity index (χ1n) is 4.85. The van der Waals surface area contributed by atoms with Gasteiger partial charge in [-0.1, -0.05) is 81.4 Å². The Morgan fingerprint density at radius 1 is 0.474 bits per heavy atom. The topological polar surface area (TPSA) is 0 Å². The van der Waals surface area contributed by atoms with Gasteiger partial charge in [-0.2, -0.15) is 0 Å². The minimum Gasteiger partial charge on any atom is -0.0869 e. The van der Waals surface area contributed by atoms with Crippen LogP contribution in [0, 0.1) is 0 Å². The van der Waals surface area contributed by atoms with Crippen LogP contribution in [0.1, 0.15) is 0 Å². The standard InChI is InChI=1S/C12H4Cl6S/c13-5-1-9(17)11(3-7(5)15)19-12-4-8(16)6(14)2-10(12)18/h1-4H. The molecule has 0 fully saturated rings. The van der Waals surface area contributed by atoms with Crippen molar-refractivity contribution >= 4 is 81.4 Å². The Bertz CT molecular complexity index is 585. The summed E-state index contributed by atoms with van der Waals surface area (Å²) in [5.41, 5.74) is 0. The smallest absolute Gasteiger partial charge is 0.0607 e. The Hall–Kier alpha value is 0.530. The summed E-state index contributed by atoms with van der Waals surface area (Å²) < 4.78 is 0. The fourth-order valence-electron chi connectivity index (χ4n) is 1.28. The number of halogens is 6. The van der Waals surface area contributed by atoms with Gasteiger partial charge in [0.1, 0.15) is 0 Å². The molecule has 100 valence electrons. The lowest BCUT2D eigenvalue weighted by molar-refractivity contribution is 1.40. The summed E-state index contributed by atoms with van der Waals surface area (Å²) in [5, 5.41) is 2.62. The second-order valence-electron chi connectivity index (χ2n) is 3.50. The molecule has 0 spiro atoms. The molecule has 0 heterocycles. The van der Waals surface area contributed by atoms with Crippen LogP contribution >= 0.6 is 81.4 Å².